The number of amides is 1. The molecular formula is C12H11N3O. The highest BCUT2D eigenvalue weighted by atomic mass is 16.2. The minimum atomic E-state index is -0.0394. The molecule has 1 aromatic heterocycles. The minimum absolute atomic E-state index is 0.0394. The summed E-state index contributed by atoms with van der Waals surface area (Å²) in [4.78, 5) is 17.8. The third-order valence-electron chi connectivity index (χ3n) is 2.84. The summed E-state index contributed by atoms with van der Waals surface area (Å²) >= 11 is 0. The summed E-state index contributed by atoms with van der Waals surface area (Å²) in [6, 6.07) is 7.97. The molecule has 0 radical (unpaired) electrons. The number of fused-ring (bicyclic) bond motifs is 1. The van der Waals surface area contributed by atoms with Crippen molar-refractivity contribution in [1.82, 2.24) is 9.55 Å². The van der Waals surface area contributed by atoms with E-state index in [1.54, 1.807) is 17.3 Å². The van der Waals surface area contributed by atoms with Crippen molar-refractivity contribution in [1.29, 1.82) is 0 Å². The second-order valence-corrected chi connectivity index (χ2v) is 3.78. The van der Waals surface area contributed by atoms with Gasteiger partial charge in [0.15, 0.2) is 0 Å². The summed E-state index contributed by atoms with van der Waals surface area (Å²) in [5.41, 5.74) is 2.25. The number of benzene rings is 1. The molecule has 4 nitrogen and oxygen atoms in total. The summed E-state index contributed by atoms with van der Waals surface area (Å²) in [6.45, 7) is 0.746. The van der Waals surface area contributed by atoms with Gasteiger partial charge >= 0.3 is 6.03 Å². The summed E-state index contributed by atoms with van der Waals surface area (Å²) in [5.74, 6) is 0. The molecule has 0 saturated carbocycles. The van der Waals surface area contributed by atoms with Crippen molar-refractivity contribution in [2.75, 3.05) is 11.4 Å². The van der Waals surface area contributed by atoms with Crippen molar-refractivity contribution in [3.8, 4) is 0 Å². The maximum Gasteiger partial charge on any atom is 0.333 e. The Balaban J connectivity index is 1.96. The van der Waals surface area contributed by atoms with Crippen LogP contribution in [0.15, 0.2) is 43.0 Å². The fourth-order valence-electron chi connectivity index (χ4n) is 2.05. The number of aromatic nitrogens is 2. The van der Waals surface area contributed by atoms with Gasteiger partial charge in [0.25, 0.3) is 0 Å². The Bertz CT molecular complexity index is 519. The Hall–Kier alpha value is -2.10. The Morgan fingerprint density at radius 1 is 1.31 bits per heavy atom. The van der Waals surface area contributed by atoms with Crippen molar-refractivity contribution in [2.45, 2.75) is 6.42 Å². The molecule has 4 heteroatoms. The van der Waals surface area contributed by atoms with E-state index in [2.05, 4.69) is 11.1 Å². The maximum atomic E-state index is 12.1. The molecule has 16 heavy (non-hydrogen) atoms. The molecule has 1 aromatic carbocycles. The summed E-state index contributed by atoms with van der Waals surface area (Å²) < 4.78 is 1.50. The maximum absolute atomic E-state index is 12.1. The van der Waals surface area contributed by atoms with E-state index in [1.807, 2.05) is 18.2 Å². The standard InChI is InChI=1S/C12H11N3O/c16-12(14-8-6-13-9-14)15-7-5-10-3-1-2-4-11(10)15/h1-4,6,8-9H,5,7H2. The molecule has 0 fully saturated rings. The van der Waals surface area contributed by atoms with Gasteiger partial charge in [0.05, 0.1) is 0 Å². The van der Waals surface area contributed by atoms with Gasteiger partial charge in [-0.3, -0.25) is 9.47 Å². The van der Waals surface area contributed by atoms with Crippen LogP contribution in [0.5, 0.6) is 0 Å². The predicted octanol–water partition coefficient (Wildman–Crippen LogP) is 1.91. The first-order valence-corrected chi connectivity index (χ1v) is 5.24. The fourth-order valence-corrected chi connectivity index (χ4v) is 2.05. The van der Waals surface area contributed by atoms with Crippen molar-refractivity contribution < 1.29 is 4.79 Å². The number of hydrogen-bond acceptors (Lipinski definition) is 2. The molecular weight excluding hydrogens is 202 g/mol. The monoisotopic (exact) mass is 213 g/mol. The summed E-state index contributed by atoms with van der Waals surface area (Å²) in [7, 11) is 0. The Morgan fingerprint density at radius 2 is 2.19 bits per heavy atom. The lowest BCUT2D eigenvalue weighted by molar-refractivity contribution is 0.248. The van der Waals surface area contributed by atoms with Crippen LogP contribution in [-0.2, 0) is 6.42 Å². The number of para-hydroxylation sites is 1. The molecule has 0 bridgehead atoms. The number of carbonyl (C=O) groups excluding carboxylic acids is 1. The largest absolute Gasteiger partial charge is 0.333 e. The molecule has 0 aliphatic carbocycles. The Morgan fingerprint density at radius 3 is 3.00 bits per heavy atom. The van der Waals surface area contributed by atoms with Gasteiger partial charge in [-0.15, -0.1) is 0 Å². The smallest absolute Gasteiger partial charge is 0.293 e. The topological polar surface area (TPSA) is 38.1 Å². The highest BCUT2D eigenvalue weighted by Gasteiger charge is 2.24. The van der Waals surface area contributed by atoms with Crippen molar-refractivity contribution >= 4 is 11.7 Å². The van der Waals surface area contributed by atoms with Gasteiger partial charge in [-0.2, -0.15) is 0 Å². The van der Waals surface area contributed by atoms with E-state index in [4.69, 9.17) is 0 Å². The quantitative estimate of drug-likeness (QED) is 0.670. The molecule has 0 spiro atoms. The lowest BCUT2D eigenvalue weighted by Crippen LogP contribution is -2.32. The van der Waals surface area contributed by atoms with E-state index in [0.717, 1.165) is 18.7 Å². The second-order valence-electron chi connectivity index (χ2n) is 3.78. The van der Waals surface area contributed by atoms with E-state index >= 15 is 0 Å². The van der Waals surface area contributed by atoms with Crippen LogP contribution in [0.3, 0.4) is 0 Å². The van der Waals surface area contributed by atoms with Crippen molar-refractivity contribution in [3.63, 3.8) is 0 Å². The van der Waals surface area contributed by atoms with Crippen LogP contribution in [0, 0.1) is 0 Å². The molecule has 3 rings (SSSR count). The average molecular weight is 213 g/mol. The molecule has 2 heterocycles. The van der Waals surface area contributed by atoms with Gasteiger partial charge in [-0.1, -0.05) is 18.2 Å². The average Bonchev–Trinajstić information content (AvgIpc) is 2.98. The van der Waals surface area contributed by atoms with Crippen LogP contribution in [0.4, 0.5) is 10.5 Å². The number of anilines is 1. The van der Waals surface area contributed by atoms with Gasteiger partial charge in [0.1, 0.15) is 6.33 Å². The predicted molar refractivity (Wildman–Crippen MR) is 60.5 cm³/mol. The Kier molecular flexibility index (Phi) is 1.99. The second kappa shape index (κ2) is 3.48. The number of imidazole rings is 1. The molecule has 0 atom stereocenters. The zero-order chi connectivity index (χ0) is 11.0. The molecule has 0 saturated heterocycles. The molecule has 1 aliphatic rings. The molecule has 0 N–H and O–H groups in total. The van der Waals surface area contributed by atoms with E-state index in [1.165, 1.54) is 16.5 Å². The van der Waals surface area contributed by atoms with Crippen LogP contribution in [-0.4, -0.2) is 22.1 Å². The van der Waals surface area contributed by atoms with Crippen molar-refractivity contribution in [2.24, 2.45) is 0 Å². The first kappa shape index (κ1) is 9.15. The molecule has 1 amide bonds. The zero-order valence-electron chi connectivity index (χ0n) is 8.71. The summed E-state index contributed by atoms with van der Waals surface area (Å²) in [5, 5.41) is 0. The zero-order valence-corrected chi connectivity index (χ0v) is 8.71. The molecule has 80 valence electrons. The van der Waals surface area contributed by atoms with Crippen LogP contribution in [0.1, 0.15) is 5.56 Å². The third kappa shape index (κ3) is 1.31. The van der Waals surface area contributed by atoms with E-state index < -0.39 is 0 Å². The number of carbonyl (C=O) groups is 1. The van der Waals surface area contributed by atoms with Crippen molar-refractivity contribution in [3.05, 3.63) is 48.5 Å². The minimum Gasteiger partial charge on any atom is -0.293 e. The SMILES string of the molecule is O=C(N1CCc2ccccc21)n1ccnc1. The van der Waals surface area contributed by atoms with E-state index in [0.29, 0.717) is 0 Å². The van der Waals surface area contributed by atoms with Gasteiger partial charge in [-0.05, 0) is 18.1 Å². The summed E-state index contributed by atoms with van der Waals surface area (Å²) in [6.07, 6.45) is 5.74. The first-order valence-electron chi connectivity index (χ1n) is 5.24. The van der Waals surface area contributed by atoms with E-state index in [9.17, 15) is 4.79 Å². The number of hydrogen-bond donors (Lipinski definition) is 0. The van der Waals surface area contributed by atoms with Crippen LogP contribution in [0.25, 0.3) is 0 Å². The van der Waals surface area contributed by atoms with Gasteiger partial charge in [0, 0.05) is 24.6 Å². The van der Waals surface area contributed by atoms with Crippen LogP contribution < -0.4 is 4.90 Å². The molecule has 0 unspecified atom stereocenters. The van der Waals surface area contributed by atoms with Crippen LogP contribution in [0.2, 0.25) is 0 Å². The highest BCUT2D eigenvalue weighted by Crippen LogP contribution is 2.27. The van der Waals surface area contributed by atoms with Crippen LogP contribution >= 0.6 is 0 Å². The lowest BCUT2D eigenvalue weighted by atomic mass is 10.2. The first-order chi connectivity index (χ1) is 7.86. The fraction of sp³-hybridized carbons (Fsp3) is 0.167. The Labute approximate surface area is 93.1 Å². The third-order valence-corrected chi connectivity index (χ3v) is 2.84. The van der Waals surface area contributed by atoms with Gasteiger partial charge in [0.2, 0.25) is 0 Å². The molecule has 1 aliphatic heterocycles. The van der Waals surface area contributed by atoms with Gasteiger partial charge in [-0.25, -0.2) is 9.78 Å². The number of rotatable bonds is 0. The molecule has 2 aromatic rings. The lowest BCUT2D eigenvalue weighted by Gasteiger charge is -2.16. The highest BCUT2D eigenvalue weighted by molar-refractivity contribution is 5.95. The van der Waals surface area contributed by atoms with Gasteiger partial charge < -0.3 is 0 Å². The van der Waals surface area contributed by atoms with E-state index in [-0.39, 0.29) is 6.03 Å². The number of nitrogens with zero attached hydrogens (tertiary/aromatic N) is 3. The normalized spacial score (nSPS) is 13.9.